The van der Waals surface area contributed by atoms with Crippen molar-refractivity contribution in [1.82, 2.24) is 48.9 Å². The van der Waals surface area contributed by atoms with Crippen molar-refractivity contribution in [2.45, 2.75) is 69.3 Å². The average Bonchev–Trinajstić information content (AvgIpc) is 3.90. The second kappa shape index (κ2) is 12.7. The summed E-state index contributed by atoms with van der Waals surface area (Å²) in [6.07, 6.45) is 20.1. The largest absolute Gasteiger partial charge is 0.446 e. The standard InChI is InChI=1S/C19H23N5O2.C13H15N5.ClH/c25-19(26-15-5-1-2-6-15)23-9-3-4-13(12-23)18-22-11-14-10-21-17-16(24(14)18)7-8-20-17;1-2-9(6-14-4-1)13-17-8-10-7-16-12-11(18(10)13)3-5-15-12;/h7-8,10-11,13,15,20H,1-6,9,12H2;3,5,7-9,14-15H,1-2,4,6H2;1H/t13-;9-;/m11./s1. The number of aromatic nitrogens is 8. The number of rotatable bonds is 3. The number of hydrogen-bond acceptors (Lipinski definition) is 7. The quantitative estimate of drug-likeness (QED) is 0.233. The summed E-state index contributed by atoms with van der Waals surface area (Å²) in [4.78, 5) is 38.9. The third-order valence-electron chi connectivity index (χ3n) is 9.45. The van der Waals surface area contributed by atoms with E-state index in [1.807, 2.05) is 48.1 Å². The van der Waals surface area contributed by atoms with Crippen LogP contribution in [0.15, 0.2) is 49.3 Å². The number of aromatic amines is 2. The number of amides is 1. The maximum absolute atomic E-state index is 12.6. The highest BCUT2D eigenvalue weighted by Gasteiger charge is 2.30. The number of ether oxygens (including phenoxy) is 1. The Labute approximate surface area is 266 Å². The number of H-pyrrole nitrogens is 2. The highest BCUT2D eigenvalue weighted by atomic mass is 35.5. The molecule has 2 saturated heterocycles. The van der Waals surface area contributed by atoms with Crippen molar-refractivity contribution in [3.63, 3.8) is 0 Å². The second-order valence-corrected chi connectivity index (χ2v) is 12.3. The molecule has 3 aliphatic rings. The van der Waals surface area contributed by atoms with Crippen molar-refractivity contribution < 1.29 is 9.53 Å². The molecule has 6 aromatic rings. The van der Waals surface area contributed by atoms with Crippen LogP contribution in [0.2, 0.25) is 0 Å². The summed E-state index contributed by atoms with van der Waals surface area (Å²) in [6, 6.07) is 4.09. The molecular formula is C32H39ClN10O2. The van der Waals surface area contributed by atoms with E-state index in [-0.39, 0.29) is 30.5 Å². The summed E-state index contributed by atoms with van der Waals surface area (Å²) in [5, 5.41) is 3.45. The molecule has 0 radical (unpaired) electrons. The Hall–Kier alpha value is -4.16. The molecule has 1 saturated carbocycles. The second-order valence-electron chi connectivity index (χ2n) is 12.3. The average molecular weight is 631 g/mol. The van der Waals surface area contributed by atoms with E-state index < -0.39 is 0 Å². The third-order valence-corrected chi connectivity index (χ3v) is 9.45. The summed E-state index contributed by atoms with van der Waals surface area (Å²) in [7, 11) is 0. The van der Waals surface area contributed by atoms with E-state index in [4.69, 9.17) is 4.74 Å². The van der Waals surface area contributed by atoms with Crippen LogP contribution in [-0.4, -0.2) is 82.0 Å². The van der Waals surface area contributed by atoms with Gasteiger partial charge in [0, 0.05) is 43.9 Å². The van der Waals surface area contributed by atoms with E-state index in [1.54, 1.807) is 0 Å². The van der Waals surface area contributed by atoms with Gasteiger partial charge in [-0.05, 0) is 70.0 Å². The summed E-state index contributed by atoms with van der Waals surface area (Å²) in [5.41, 5.74) is 5.97. The minimum absolute atomic E-state index is 0. The molecule has 2 aliphatic heterocycles. The van der Waals surface area contributed by atoms with Crippen LogP contribution >= 0.6 is 12.4 Å². The van der Waals surface area contributed by atoms with E-state index in [9.17, 15) is 4.79 Å². The van der Waals surface area contributed by atoms with Gasteiger partial charge in [-0.3, -0.25) is 8.80 Å². The van der Waals surface area contributed by atoms with Crippen molar-refractivity contribution in [2.75, 3.05) is 26.2 Å². The van der Waals surface area contributed by atoms with E-state index >= 15 is 0 Å². The van der Waals surface area contributed by atoms with Gasteiger partial charge in [0.2, 0.25) is 0 Å². The van der Waals surface area contributed by atoms with Crippen LogP contribution in [0.5, 0.6) is 0 Å². The van der Waals surface area contributed by atoms with E-state index in [0.717, 1.165) is 90.3 Å². The van der Waals surface area contributed by atoms with Gasteiger partial charge in [0.15, 0.2) is 11.3 Å². The first kappa shape index (κ1) is 29.5. The number of carbonyl (C=O) groups is 1. The first-order valence-corrected chi connectivity index (χ1v) is 16.0. The number of fused-ring (bicyclic) bond motifs is 6. The normalized spacial score (nSPS) is 20.8. The molecule has 45 heavy (non-hydrogen) atoms. The zero-order valence-corrected chi connectivity index (χ0v) is 26.0. The number of nitrogens with one attached hydrogen (secondary N) is 3. The SMILES string of the molecule is Cl.O=C(OC1CCCC1)N1CCC[C@@H](c2ncc3cnc4[nH]ccc4n23)C1.c1cc2c(ncc3cnc([C@@H]4CCCNC4)n32)[nH]1. The predicted octanol–water partition coefficient (Wildman–Crippen LogP) is 5.57. The van der Waals surface area contributed by atoms with Gasteiger partial charge in [-0.15, -0.1) is 12.4 Å². The fourth-order valence-electron chi connectivity index (χ4n) is 7.23. The van der Waals surface area contributed by atoms with Gasteiger partial charge in [0.25, 0.3) is 0 Å². The van der Waals surface area contributed by atoms with Gasteiger partial charge in [0.1, 0.15) is 17.8 Å². The van der Waals surface area contributed by atoms with Crippen molar-refractivity contribution in [3.8, 4) is 0 Å². The summed E-state index contributed by atoms with van der Waals surface area (Å²) >= 11 is 0. The zero-order valence-electron chi connectivity index (χ0n) is 25.2. The van der Waals surface area contributed by atoms with Gasteiger partial charge in [0.05, 0.1) is 46.9 Å². The predicted molar refractivity (Wildman–Crippen MR) is 174 cm³/mol. The lowest BCUT2D eigenvalue weighted by Crippen LogP contribution is -2.41. The topological polar surface area (TPSA) is 134 Å². The van der Waals surface area contributed by atoms with Crippen LogP contribution < -0.4 is 5.32 Å². The lowest BCUT2D eigenvalue weighted by Gasteiger charge is -2.32. The molecule has 0 spiro atoms. The van der Waals surface area contributed by atoms with Gasteiger partial charge in [-0.25, -0.2) is 24.7 Å². The van der Waals surface area contributed by atoms with E-state index in [0.29, 0.717) is 12.5 Å². The molecule has 1 amide bonds. The maximum Gasteiger partial charge on any atom is 0.410 e. The van der Waals surface area contributed by atoms with Gasteiger partial charge >= 0.3 is 6.09 Å². The van der Waals surface area contributed by atoms with Crippen molar-refractivity contribution in [3.05, 3.63) is 61.0 Å². The minimum Gasteiger partial charge on any atom is -0.446 e. The van der Waals surface area contributed by atoms with Gasteiger partial charge < -0.3 is 24.9 Å². The number of nitrogens with zero attached hydrogens (tertiary/aromatic N) is 7. The Morgan fingerprint density at radius 1 is 0.756 bits per heavy atom. The van der Waals surface area contributed by atoms with Crippen molar-refractivity contribution >= 4 is 51.9 Å². The molecule has 6 aromatic heterocycles. The van der Waals surface area contributed by atoms with E-state index in [1.165, 1.54) is 25.7 Å². The number of piperidine rings is 2. The fourth-order valence-corrected chi connectivity index (χ4v) is 7.23. The smallest absolute Gasteiger partial charge is 0.410 e. The first-order valence-electron chi connectivity index (χ1n) is 16.0. The molecule has 236 valence electrons. The third kappa shape index (κ3) is 5.61. The molecule has 9 rings (SSSR count). The van der Waals surface area contributed by atoms with Crippen LogP contribution in [-0.2, 0) is 4.74 Å². The summed E-state index contributed by atoms with van der Waals surface area (Å²) in [5.74, 6) is 2.87. The number of imidazole rings is 2. The monoisotopic (exact) mass is 630 g/mol. The molecule has 0 unspecified atom stereocenters. The van der Waals surface area contributed by atoms with Gasteiger partial charge in [-0.2, -0.15) is 0 Å². The van der Waals surface area contributed by atoms with Crippen LogP contribution in [0.3, 0.4) is 0 Å². The Kier molecular flexibility index (Phi) is 8.33. The Morgan fingerprint density at radius 2 is 1.36 bits per heavy atom. The lowest BCUT2D eigenvalue weighted by molar-refractivity contribution is 0.0573. The summed E-state index contributed by atoms with van der Waals surface area (Å²) < 4.78 is 10.1. The van der Waals surface area contributed by atoms with Crippen LogP contribution in [0, 0.1) is 0 Å². The minimum atomic E-state index is -0.157. The van der Waals surface area contributed by atoms with Gasteiger partial charge in [-0.1, -0.05) is 0 Å². The Bertz CT molecular complexity index is 1910. The molecular weight excluding hydrogens is 592 g/mol. The van der Waals surface area contributed by atoms with Crippen molar-refractivity contribution in [1.29, 1.82) is 0 Å². The molecule has 2 atom stereocenters. The summed E-state index contributed by atoms with van der Waals surface area (Å²) in [6.45, 7) is 3.58. The molecule has 0 bridgehead atoms. The van der Waals surface area contributed by atoms with E-state index in [2.05, 4.69) is 50.1 Å². The molecule has 12 nitrogen and oxygen atoms in total. The number of carbonyl (C=O) groups excluding carboxylic acids is 1. The first-order chi connectivity index (χ1) is 21.7. The zero-order chi connectivity index (χ0) is 29.5. The highest BCUT2D eigenvalue weighted by molar-refractivity contribution is 5.85. The maximum atomic E-state index is 12.6. The van der Waals surface area contributed by atoms with Crippen LogP contribution in [0.25, 0.3) is 33.4 Å². The Morgan fingerprint density at radius 3 is 1.98 bits per heavy atom. The molecule has 3 fully saturated rings. The fraction of sp³-hybridized carbons (Fsp3) is 0.469. The molecule has 1 aliphatic carbocycles. The highest BCUT2D eigenvalue weighted by Crippen LogP contribution is 2.30. The van der Waals surface area contributed by atoms with Crippen molar-refractivity contribution in [2.24, 2.45) is 0 Å². The molecule has 8 heterocycles. The molecule has 0 aromatic carbocycles. The molecule has 13 heteroatoms. The lowest BCUT2D eigenvalue weighted by atomic mass is 9.97. The number of halogens is 1. The number of likely N-dealkylation sites (tertiary alicyclic amines) is 1. The number of hydrogen-bond donors (Lipinski definition) is 3. The van der Waals surface area contributed by atoms with Crippen LogP contribution in [0.1, 0.15) is 74.9 Å². The van der Waals surface area contributed by atoms with Crippen LogP contribution in [0.4, 0.5) is 4.79 Å². The molecule has 3 N–H and O–H groups in total. The Balaban J connectivity index is 0.000000150.